The van der Waals surface area contributed by atoms with Crippen LogP contribution in [0.25, 0.3) is 0 Å². The van der Waals surface area contributed by atoms with Crippen LogP contribution < -0.4 is 0 Å². The number of carbonyl (C=O) groups is 1. The predicted molar refractivity (Wildman–Crippen MR) is 77.6 cm³/mol. The van der Waals surface area contributed by atoms with Gasteiger partial charge in [-0.25, -0.2) is 0 Å². The third-order valence-electron chi connectivity index (χ3n) is 2.76. The van der Waals surface area contributed by atoms with Crippen LogP contribution in [-0.4, -0.2) is 10.7 Å². The molecular weight excluding hydrogens is 301 g/mol. The second kappa shape index (κ2) is 6.03. The van der Waals surface area contributed by atoms with Crippen molar-refractivity contribution in [3.63, 3.8) is 0 Å². The van der Waals surface area contributed by atoms with Crippen molar-refractivity contribution >= 4 is 34.7 Å². The molecule has 2 aromatic rings. The summed E-state index contributed by atoms with van der Waals surface area (Å²) in [5, 5.41) is 11.5. The van der Waals surface area contributed by atoms with Crippen molar-refractivity contribution in [2.24, 2.45) is 0 Å². The van der Waals surface area contributed by atoms with Gasteiger partial charge in [-0.15, -0.1) is 0 Å². The molecule has 0 aliphatic heterocycles. The van der Waals surface area contributed by atoms with E-state index in [4.69, 9.17) is 23.2 Å². The lowest BCUT2D eigenvalue weighted by Gasteiger charge is -2.04. The van der Waals surface area contributed by atoms with Crippen LogP contribution in [0.1, 0.15) is 15.9 Å². The number of benzene rings is 2. The molecule has 20 heavy (non-hydrogen) atoms. The van der Waals surface area contributed by atoms with E-state index < -0.39 is 4.92 Å². The normalized spacial score (nSPS) is 10.3. The summed E-state index contributed by atoms with van der Waals surface area (Å²) in [6.45, 7) is 0. The Bertz CT molecular complexity index is 669. The van der Waals surface area contributed by atoms with Crippen LogP contribution in [0.3, 0.4) is 0 Å². The smallest absolute Gasteiger partial charge is 0.269 e. The number of rotatable bonds is 4. The van der Waals surface area contributed by atoms with Gasteiger partial charge in [0.1, 0.15) is 0 Å². The minimum absolute atomic E-state index is 0.0534. The van der Waals surface area contributed by atoms with E-state index in [2.05, 4.69) is 0 Å². The first-order chi connectivity index (χ1) is 9.47. The quantitative estimate of drug-likeness (QED) is 0.480. The van der Waals surface area contributed by atoms with Crippen LogP contribution in [0.2, 0.25) is 10.0 Å². The highest BCUT2D eigenvalue weighted by Crippen LogP contribution is 2.22. The number of nitro groups is 1. The molecule has 6 heteroatoms. The fourth-order valence-corrected chi connectivity index (χ4v) is 2.10. The number of ketones is 1. The molecule has 0 saturated heterocycles. The monoisotopic (exact) mass is 309 g/mol. The molecule has 0 fully saturated rings. The van der Waals surface area contributed by atoms with Crippen LogP contribution >= 0.6 is 23.2 Å². The van der Waals surface area contributed by atoms with Crippen LogP contribution in [0, 0.1) is 10.1 Å². The Hall–Kier alpha value is -1.91. The number of non-ortho nitro benzene ring substituents is 1. The molecular formula is C14H9Cl2NO3. The molecule has 0 radical (unpaired) electrons. The van der Waals surface area contributed by atoms with Crippen molar-refractivity contribution in [3.8, 4) is 0 Å². The van der Waals surface area contributed by atoms with Gasteiger partial charge in [0.05, 0.1) is 4.92 Å². The summed E-state index contributed by atoms with van der Waals surface area (Å²) >= 11 is 11.9. The molecule has 102 valence electrons. The van der Waals surface area contributed by atoms with E-state index in [1.165, 1.54) is 24.3 Å². The van der Waals surface area contributed by atoms with Gasteiger partial charge in [-0.1, -0.05) is 23.2 Å². The summed E-state index contributed by atoms with van der Waals surface area (Å²) in [6.07, 6.45) is 0.0944. The largest absolute Gasteiger partial charge is 0.294 e. The van der Waals surface area contributed by atoms with E-state index in [0.29, 0.717) is 21.2 Å². The minimum Gasteiger partial charge on any atom is -0.294 e. The average molecular weight is 310 g/mol. The van der Waals surface area contributed by atoms with Gasteiger partial charge in [0.25, 0.3) is 5.69 Å². The first kappa shape index (κ1) is 14.5. The molecule has 0 amide bonds. The van der Waals surface area contributed by atoms with E-state index in [1.54, 1.807) is 18.2 Å². The Morgan fingerprint density at radius 2 is 1.75 bits per heavy atom. The lowest BCUT2D eigenvalue weighted by Crippen LogP contribution is -2.04. The molecule has 0 saturated carbocycles. The Morgan fingerprint density at radius 3 is 2.35 bits per heavy atom. The highest BCUT2D eigenvalue weighted by Gasteiger charge is 2.12. The summed E-state index contributed by atoms with van der Waals surface area (Å²) in [4.78, 5) is 22.1. The molecule has 0 heterocycles. The van der Waals surface area contributed by atoms with Gasteiger partial charge in [-0.3, -0.25) is 14.9 Å². The Balaban J connectivity index is 2.19. The van der Waals surface area contributed by atoms with Crippen molar-refractivity contribution in [3.05, 3.63) is 73.8 Å². The van der Waals surface area contributed by atoms with Gasteiger partial charge >= 0.3 is 0 Å². The van der Waals surface area contributed by atoms with Crippen molar-refractivity contribution in [2.75, 3.05) is 0 Å². The number of Topliss-reactive ketones (excluding diaryl/α,β-unsaturated/α-hetero) is 1. The third kappa shape index (κ3) is 3.35. The number of carbonyl (C=O) groups excluding carboxylic acids is 1. The van der Waals surface area contributed by atoms with Crippen molar-refractivity contribution < 1.29 is 9.72 Å². The molecule has 0 aliphatic rings. The van der Waals surface area contributed by atoms with E-state index >= 15 is 0 Å². The Kier molecular flexibility index (Phi) is 4.37. The number of hydrogen-bond acceptors (Lipinski definition) is 3. The first-order valence-corrected chi connectivity index (χ1v) is 6.44. The van der Waals surface area contributed by atoms with E-state index in [9.17, 15) is 14.9 Å². The van der Waals surface area contributed by atoms with Crippen LogP contribution in [0.4, 0.5) is 5.69 Å². The first-order valence-electron chi connectivity index (χ1n) is 5.69. The van der Waals surface area contributed by atoms with Gasteiger partial charge in [-0.05, 0) is 35.9 Å². The van der Waals surface area contributed by atoms with Gasteiger partial charge < -0.3 is 0 Å². The van der Waals surface area contributed by atoms with Crippen molar-refractivity contribution in [1.29, 1.82) is 0 Å². The molecule has 0 aliphatic carbocycles. The van der Waals surface area contributed by atoms with E-state index in [1.807, 2.05) is 0 Å². The maximum absolute atomic E-state index is 12.1. The third-order valence-corrected chi connectivity index (χ3v) is 3.36. The zero-order valence-corrected chi connectivity index (χ0v) is 11.7. The summed E-state index contributed by atoms with van der Waals surface area (Å²) in [6, 6.07) is 10.4. The second-order valence-electron chi connectivity index (χ2n) is 4.14. The lowest BCUT2D eigenvalue weighted by atomic mass is 10.0. The van der Waals surface area contributed by atoms with Crippen LogP contribution in [0.15, 0.2) is 42.5 Å². The fraction of sp³-hybridized carbons (Fsp3) is 0.0714. The van der Waals surface area contributed by atoms with Gasteiger partial charge in [0, 0.05) is 34.2 Å². The Morgan fingerprint density at radius 1 is 1.10 bits per heavy atom. The van der Waals surface area contributed by atoms with Gasteiger partial charge in [0.2, 0.25) is 0 Å². The van der Waals surface area contributed by atoms with E-state index in [-0.39, 0.29) is 17.9 Å². The highest BCUT2D eigenvalue weighted by molar-refractivity contribution is 6.33. The van der Waals surface area contributed by atoms with Crippen LogP contribution in [0.5, 0.6) is 0 Å². The minimum atomic E-state index is -0.512. The molecule has 2 rings (SSSR count). The summed E-state index contributed by atoms with van der Waals surface area (Å²) in [7, 11) is 0. The molecule has 0 spiro atoms. The van der Waals surface area contributed by atoms with Crippen LogP contribution in [-0.2, 0) is 6.42 Å². The summed E-state index contributed by atoms with van der Waals surface area (Å²) in [5.41, 5.74) is 0.969. The number of nitrogens with zero attached hydrogens (tertiary/aromatic N) is 1. The van der Waals surface area contributed by atoms with Gasteiger partial charge in [0.15, 0.2) is 5.78 Å². The number of nitro benzene ring substituents is 1. The fourth-order valence-electron chi connectivity index (χ4n) is 1.72. The van der Waals surface area contributed by atoms with Gasteiger partial charge in [-0.2, -0.15) is 0 Å². The summed E-state index contributed by atoms with van der Waals surface area (Å²) in [5.74, 6) is -0.177. The lowest BCUT2D eigenvalue weighted by molar-refractivity contribution is -0.384. The summed E-state index contributed by atoms with van der Waals surface area (Å²) < 4.78 is 0. The average Bonchev–Trinajstić information content (AvgIpc) is 2.43. The molecule has 4 nitrogen and oxygen atoms in total. The maximum Gasteiger partial charge on any atom is 0.269 e. The van der Waals surface area contributed by atoms with Crippen molar-refractivity contribution in [1.82, 2.24) is 0 Å². The topological polar surface area (TPSA) is 60.2 Å². The van der Waals surface area contributed by atoms with E-state index in [0.717, 1.165) is 0 Å². The molecule has 0 aromatic heterocycles. The zero-order valence-electron chi connectivity index (χ0n) is 10.2. The molecule has 0 bridgehead atoms. The Labute approximate surface area is 125 Å². The molecule has 0 unspecified atom stereocenters. The molecule has 0 N–H and O–H groups in total. The molecule has 0 atom stereocenters. The standard InChI is InChI=1S/C14H9Cl2NO3/c15-11-3-6-13(16)10(7-11)8-14(18)9-1-4-12(5-2-9)17(19)20/h1-7H,8H2. The maximum atomic E-state index is 12.1. The predicted octanol–water partition coefficient (Wildman–Crippen LogP) is 4.33. The SMILES string of the molecule is O=C(Cc1cc(Cl)ccc1Cl)c1ccc([N+](=O)[O-])cc1. The molecule has 2 aromatic carbocycles. The zero-order chi connectivity index (χ0) is 14.7. The number of hydrogen-bond donors (Lipinski definition) is 0. The highest BCUT2D eigenvalue weighted by atomic mass is 35.5. The van der Waals surface area contributed by atoms with Crippen molar-refractivity contribution in [2.45, 2.75) is 6.42 Å². The number of halogens is 2. The second-order valence-corrected chi connectivity index (χ2v) is 4.98.